The standard InChI is InChI=1S/C45H81NO3/c1-3-5-7-9-11-13-15-17-19-21-22-23-24-25-26-28-30-32-34-36-38-40-44(48)43(42-47)46-45(49)41-39-37-35-33-31-29-27-20-18-16-14-12-10-8-6-4-2/h14,16,20,24-25,27,30,32,38,40,43-44,47-48H,3-13,15,17-19,21-23,26,28-29,31,33-37,39,41-42H2,1-2H3,(H,46,49)/b16-14-,25-24+,27-20-,32-30+,40-38+. The molecule has 2 unspecified atom stereocenters. The van der Waals surface area contributed by atoms with Crippen molar-refractivity contribution in [3.8, 4) is 0 Å². The van der Waals surface area contributed by atoms with E-state index in [1.54, 1.807) is 6.08 Å². The normalized spacial score (nSPS) is 13.6. The number of aliphatic hydroxyl groups is 2. The first-order valence-corrected chi connectivity index (χ1v) is 21.0. The van der Waals surface area contributed by atoms with Gasteiger partial charge in [-0.15, -0.1) is 0 Å². The zero-order valence-corrected chi connectivity index (χ0v) is 32.4. The summed E-state index contributed by atoms with van der Waals surface area (Å²) in [5, 5.41) is 22.9. The Morgan fingerprint density at radius 3 is 1.33 bits per heavy atom. The summed E-state index contributed by atoms with van der Waals surface area (Å²) in [7, 11) is 0. The molecule has 2 atom stereocenters. The number of carbonyl (C=O) groups excluding carboxylic acids is 1. The molecule has 0 aliphatic heterocycles. The molecule has 284 valence electrons. The van der Waals surface area contributed by atoms with Crippen LogP contribution in [-0.2, 0) is 4.79 Å². The fourth-order valence-corrected chi connectivity index (χ4v) is 5.94. The van der Waals surface area contributed by atoms with Crippen LogP contribution < -0.4 is 5.32 Å². The van der Waals surface area contributed by atoms with E-state index in [1.165, 1.54) is 122 Å². The molecule has 0 radical (unpaired) electrons. The lowest BCUT2D eigenvalue weighted by Gasteiger charge is -2.19. The number of aliphatic hydroxyl groups excluding tert-OH is 2. The summed E-state index contributed by atoms with van der Waals surface area (Å²) >= 11 is 0. The predicted molar refractivity (Wildman–Crippen MR) is 216 cm³/mol. The van der Waals surface area contributed by atoms with E-state index in [9.17, 15) is 15.0 Å². The number of amides is 1. The molecule has 49 heavy (non-hydrogen) atoms. The van der Waals surface area contributed by atoms with Gasteiger partial charge in [0.2, 0.25) is 5.91 Å². The Morgan fingerprint density at radius 2 is 0.857 bits per heavy atom. The summed E-state index contributed by atoms with van der Waals surface area (Å²) < 4.78 is 0. The van der Waals surface area contributed by atoms with E-state index in [2.05, 4.69) is 67.8 Å². The van der Waals surface area contributed by atoms with E-state index in [0.717, 1.165) is 57.8 Å². The zero-order chi connectivity index (χ0) is 35.7. The predicted octanol–water partition coefficient (Wildman–Crippen LogP) is 13.0. The van der Waals surface area contributed by atoms with Crippen molar-refractivity contribution < 1.29 is 15.0 Å². The Kier molecular flexibility index (Phi) is 38.9. The number of rotatable bonds is 37. The maximum atomic E-state index is 12.3. The van der Waals surface area contributed by atoms with Crippen molar-refractivity contribution in [1.82, 2.24) is 5.32 Å². The molecule has 4 heteroatoms. The highest BCUT2D eigenvalue weighted by Crippen LogP contribution is 2.13. The molecule has 0 rings (SSSR count). The number of unbranched alkanes of at least 4 members (excludes halogenated alkanes) is 22. The van der Waals surface area contributed by atoms with Crippen LogP contribution in [0.1, 0.15) is 200 Å². The maximum absolute atomic E-state index is 12.3. The Morgan fingerprint density at radius 1 is 0.490 bits per heavy atom. The lowest BCUT2D eigenvalue weighted by atomic mass is 10.1. The van der Waals surface area contributed by atoms with Crippen LogP contribution in [0.2, 0.25) is 0 Å². The molecule has 0 aliphatic rings. The van der Waals surface area contributed by atoms with Crippen LogP contribution in [0.3, 0.4) is 0 Å². The second-order valence-corrected chi connectivity index (χ2v) is 14.0. The third-order valence-electron chi connectivity index (χ3n) is 9.20. The van der Waals surface area contributed by atoms with Gasteiger partial charge in [-0.1, -0.05) is 177 Å². The number of allylic oxidation sites excluding steroid dienone is 9. The van der Waals surface area contributed by atoms with Crippen LogP contribution in [0.15, 0.2) is 60.8 Å². The summed E-state index contributed by atoms with van der Waals surface area (Å²) in [6.45, 7) is 4.26. The van der Waals surface area contributed by atoms with Gasteiger partial charge in [-0.3, -0.25) is 4.79 Å². The average molecular weight is 684 g/mol. The molecule has 0 heterocycles. The first kappa shape index (κ1) is 47.1. The highest BCUT2D eigenvalue weighted by molar-refractivity contribution is 5.76. The van der Waals surface area contributed by atoms with E-state index in [4.69, 9.17) is 0 Å². The van der Waals surface area contributed by atoms with E-state index in [1.807, 2.05) is 6.08 Å². The summed E-state index contributed by atoms with van der Waals surface area (Å²) in [5.41, 5.74) is 0. The minimum Gasteiger partial charge on any atom is -0.394 e. The third kappa shape index (κ3) is 37.2. The van der Waals surface area contributed by atoms with Crippen molar-refractivity contribution in [3.63, 3.8) is 0 Å². The van der Waals surface area contributed by atoms with Gasteiger partial charge in [0.25, 0.3) is 0 Å². The fourth-order valence-electron chi connectivity index (χ4n) is 5.94. The van der Waals surface area contributed by atoms with Gasteiger partial charge in [0.1, 0.15) is 0 Å². The van der Waals surface area contributed by atoms with Gasteiger partial charge in [0, 0.05) is 6.42 Å². The third-order valence-corrected chi connectivity index (χ3v) is 9.20. The Hall–Kier alpha value is -1.91. The van der Waals surface area contributed by atoms with Gasteiger partial charge in [-0.2, -0.15) is 0 Å². The van der Waals surface area contributed by atoms with Gasteiger partial charge in [0.15, 0.2) is 0 Å². The molecule has 0 saturated heterocycles. The minimum absolute atomic E-state index is 0.0939. The SMILES string of the molecule is CCCCCC/C=C\C/C=C\CCCCCCCC(=O)NC(CO)C(O)/C=C/CC/C=C/CC/C=C/CCCCCCCCCCCCC. The molecule has 1 amide bonds. The second kappa shape index (κ2) is 40.5. The van der Waals surface area contributed by atoms with Crippen molar-refractivity contribution in [2.24, 2.45) is 0 Å². The summed E-state index contributed by atoms with van der Waals surface area (Å²) in [4.78, 5) is 12.3. The summed E-state index contributed by atoms with van der Waals surface area (Å²) in [6.07, 6.45) is 56.0. The molecule has 0 aromatic rings. The van der Waals surface area contributed by atoms with Gasteiger partial charge in [-0.05, 0) is 77.0 Å². The van der Waals surface area contributed by atoms with Crippen LogP contribution in [0.4, 0.5) is 0 Å². The first-order valence-electron chi connectivity index (χ1n) is 21.0. The molecule has 0 spiro atoms. The second-order valence-electron chi connectivity index (χ2n) is 14.0. The largest absolute Gasteiger partial charge is 0.394 e. The van der Waals surface area contributed by atoms with Gasteiger partial charge >= 0.3 is 0 Å². The lowest BCUT2D eigenvalue weighted by molar-refractivity contribution is -0.123. The van der Waals surface area contributed by atoms with Crippen molar-refractivity contribution in [2.45, 2.75) is 212 Å². The van der Waals surface area contributed by atoms with Crippen molar-refractivity contribution in [2.75, 3.05) is 6.61 Å². The molecule has 0 aromatic heterocycles. The van der Waals surface area contributed by atoms with Gasteiger partial charge < -0.3 is 15.5 Å². The quantitative estimate of drug-likeness (QED) is 0.0451. The zero-order valence-electron chi connectivity index (χ0n) is 32.4. The van der Waals surface area contributed by atoms with Crippen molar-refractivity contribution in [3.05, 3.63) is 60.8 Å². The monoisotopic (exact) mass is 684 g/mol. The minimum atomic E-state index is -0.877. The molecule has 0 saturated carbocycles. The van der Waals surface area contributed by atoms with Gasteiger partial charge in [-0.25, -0.2) is 0 Å². The topological polar surface area (TPSA) is 69.6 Å². The molecule has 0 bridgehead atoms. The molecule has 4 nitrogen and oxygen atoms in total. The van der Waals surface area contributed by atoms with Crippen LogP contribution >= 0.6 is 0 Å². The van der Waals surface area contributed by atoms with E-state index in [0.29, 0.717) is 6.42 Å². The Labute approximate surface area is 305 Å². The van der Waals surface area contributed by atoms with Crippen molar-refractivity contribution >= 4 is 5.91 Å². The average Bonchev–Trinajstić information content (AvgIpc) is 3.10. The smallest absolute Gasteiger partial charge is 0.220 e. The molecule has 0 aromatic carbocycles. The van der Waals surface area contributed by atoms with E-state index >= 15 is 0 Å². The van der Waals surface area contributed by atoms with Crippen LogP contribution in [0.5, 0.6) is 0 Å². The number of nitrogens with one attached hydrogen (secondary N) is 1. The number of hydrogen-bond acceptors (Lipinski definition) is 3. The Balaban J connectivity index is 3.70. The maximum Gasteiger partial charge on any atom is 0.220 e. The van der Waals surface area contributed by atoms with Crippen LogP contribution in [-0.4, -0.2) is 34.9 Å². The van der Waals surface area contributed by atoms with Crippen molar-refractivity contribution in [1.29, 1.82) is 0 Å². The van der Waals surface area contributed by atoms with E-state index in [-0.39, 0.29) is 12.5 Å². The Bertz CT molecular complexity index is 827. The highest BCUT2D eigenvalue weighted by atomic mass is 16.3. The van der Waals surface area contributed by atoms with Crippen LogP contribution in [0, 0.1) is 0 Å². The summed E-state index contributed by atoms with van der Waals surface area (Å²) in [5.74, 6) is -0.0939. The fraction of sp³-hybridized carbons (Fsp3) is 0.756. The van der Waals surface area contributed by atoms with Crippen LogP contribution in [0.25, 0.3) is 0 Å². The molecule has 0 fully saturated rings. The number of hydrogen-bond donors (Lipinski definition) is 3. The molecular formula is C45H81NO3. The lowest BCUT2D eigenvalue weighted by Crippen LogP contribution is -2.45. The first-order chi connectivity index (χ1) is 24.2. The van der Waals surface area contributed by atoms with Gasteiger partial charge in [0.05, 0.1) is 18.8 Å². The molecule has 3 N–H and O–H groups in total. The highest BCUT2D eigenvalue weighted by Gasteiger charge is 2.17. The molecular weight excluding hydrogens is 602 g/mol. The number of carbonyl (C=O) groups is 1. The molecule has 0 aliphatic carbocycles. The summed E-state index contributed by atoms with van der Waals surface area (Å²) in [6, 6.07) is -0.654. The van der Waals surface area contributed by atoms with E-state index < -0.39 is 12.1 Å².